The first kappa shape index (κ1) is 17.6. The molecule has 0 fully saturated rings. The molecule has 0 aromatic carbocycles. The molecule has 1 atom stereocenters. The highest BCUT2D eigenvalue weighted by atomic mass is 31.3. The number of hydrogen-bond donors (Lipinski definition) is 3. The van der Waals surface area contributed by atoms with Gasteiger partial charge in [0.2, 0.25) is 0 Å². The third-order valence-corrected chi connectivity index (χ3v) is 3.61. The van der Waals surface area contributed by atoms with Gasteiger partial charge in [0.25, 0.3) is 0 Å². The molecule has 0 saturated heterocycles. The third-order valence-electron chi connectivity index (χ3n) is 1.43. The second-order valence-corrected chi connectivity index (χ2v) is 6.29. The van der Waals surface area contributed by atoms with Crippen LogP contribution in [0.15, 0.2) is 11.6 Å². The van der Waals surface area contributed by atoms with Crippen LogP contribution in [-0.4, -0.2) is 21.3 Å². The summed E-state index contributed by atoms with van der Waals surface area (Å²) in [5.74, 6) is 5.45. The molecule has 0 aliphatic rings. The first-order chi connectivity index (χ1) is 8.12. The Bertz CT molecular complexity index is 436. The van der Waals surface area contributed by atoms with Gasteiger partial charge in [-0.3, -0.25) is 4.52 Å². The van der Waals surface area contributed by atoms with E-state index in [4.69, 9.17) is 14.7 Å². The van der Waals surface area contributed by atoms with E-state index in [0.717, 1.165) is 5.57 Å². The molecule has 0 aromatic rings. The molecule has 0 spiro atoms. The van der Waals surface area contributed by atoms with Gasteiger partial charge in [-0.15, -0.1) is 5.92 Å². The van der Waals surface area contributed by atoms with Crippen LogP contribution in [0.2, 0.25) is 0 Å². The highest BCUT2D eigenvalue weighted by Crippen LogP contribution is 2.57. The number of phosphoric acid groups is 2. The largest absolute Gasteiger partial charge is 0.481 e. The summed E-state index contributed by atoms with van der Waals surface area (Å²) in [5, 5.41) is 0. The van der Waals surface area contributed by atoms with Crippen LogP contribution in [0.3, 0.4) is 0 Å². The fourth-order valence-electron chi connectivity index (χ4n) is 0.786. The standard InChI is InChI=1S/C9H16O7P2/c1-9(2)7-5-3-4-6-8-15-18(13,14)16-17(10,11)12/h7H,5-6,8H2,1-2H3,(H,13,14)(H2,10,11,12). The SMILES string of the molecule is CC(C)=CCC#CCCOP(=O)(O)OP(=O)(O)O. The maximum atomic E-state index is 11.0. The minimum Gasteiger partial charge on any atom is -0.302 e. The number of allylic oxidation sites excluding steroid dienone is 2. The lowest BCUT2D eigenvalue weighted by Crippen LogP contribution is -1.95. The van der Waals surface area contributed by atoms with E-state index in [1.165, 1.54) is 0 Å². The molecule has 0 aromatic heterocycles. The van der Waals surface area contributed by atoms with E-state index in [1.54, 1.807) is 0 Å². The molecule has 0 radical (unpaired) electrons. The summed E-state index contributed by atoms with van der Waals surface area (Å²) in [7, 11) is -9.77. The fourth-order valence-corrected chi connectivity index (χ4v) is 2.37. The van der Waals surface area contributed by atoms with Crippen LogP contribution >= 0.6 is 15.6 Å². The molecule has 18 heavy (non-hydrogen) atoms. The molecule has 0 rings (SSSR count). The maximum absolute atomic E-state index is 11.0. The molecular weight excluding hydrogens is 282 g/mol. The highest BCUT2D eigenvalue weighted by Gasteiger charge is 2.31. The monoisotopic (exact) mass is 298 g/mol. The van der Waals surface area contributed by atoms with Crippen molar-refractivity contribution >= 4 is 15.6 Å². The second kappa shape index (κ2) is 7.88. The average molecular weight is 298 g/mol. The van der Waals surface area contributed by atoms with Gasteiger partial charge >= 0.3 is 15.6 Å². The molecule has 0 aliphatic carbocycles. The van der Waals surface area contributed by atoms with Gasteiger partial charge in [-0.25, -0.2) is 9.13 Å². The summed E-state index contributed by atoms with van der Waals surface area (Å²) in [6, 6.07) is 0. The van der Waals surface area contributed by atoms with Crippen molar-refractivity contribution in [3.05, 3.63) is 11.6 Å². The van der Waals surface area contributed by atoms with Crippen molar-refractivity contribution in [2.24, 2.45) is 0 Å². The Morgan fingerprint density at radius 3 is 2.33 bits per heavy atom. The van der Waals surface area contributed by atoms with Crippen LogP contribution in [0.4, 0.5) is 0 Å². The van der Waals surface area contributed by atoms with Crippen molar-refractivity contribution in [3.63, 3.8) is 0 Å². The zero-order chi connectivity index (χ0) is 14.2. The Morgan fingerprint density at radius 2 is 1.83 bits per heavy atom. The van der Waals surface area contributed by atoms with Crippen LogP contribution in [0.5, 0.6) is 0 Å². The van der Waals surface area contributed by atoms with Crippen LogP contribution in [0.1, 0.15) is 26.7 Å². The van der Waals surface area contributed by atoms with E-state index >= 15 is 0 Å². The van der Waals surface area contributed by atoms with Gasteiger partial charge in [0.1, 0.15) is 0 Å². The second-order valence-electron chi connectivity index (χ2n) is 3.46. The summed E-state index contributed by atoms with van der Waals surface area (Å²) in [4.78, 5) is 25.5. The van der Waals surface area contributed by atoms with Crippen molar-refractivity contribution in [1.29, 1.82) is 0 Å². The zero-order valence-corrected chi connectivity index (χ0v) is 11.9. The van der Waals surface area contributed by atoms with E-state index in [-0.39, 0.29) is 13.0 Å². The molecule has 0 heterocycles. The summed E-state index contributed by atoms with van der Waals surface area (Å²) in [6.07, 6.45) is 2.64. The van der Waals surface area contributed by atoms with Crippen molar-refractivity contribution in [1.82, 2.24) is 0 Å². The van der Waals surface area contributed by atoms with Gasteiger partial charge < -0.3 is 14.7 Å². The maximum Gasteiger partial charge on any atom is 0.481 e. The Kier molecular flexibility index (Phi) is 7.69. The lowest BCUT2D eigenvalue weighted by atomic mass is 10.3. The molecule has 9 heteroatoms. The minimum absolute atomic E-state index is 0.158. The third kappa shape index (κ3) is 12.0. The number of rotatable bonds is 6. The normalized spacial score (nSPS) is 14.3. The van der Waals surface area contributed by atoms with E-state index < -0.39 is 15.6 Å². The molecular formula is C9H16O7P2. The first-order valence-electron chi connectivity index (χ1n) is 4.96. The van der Waals surface area contributed by atoms with Crippen molar-refractivity contribution in [2.45, 2.75) is 26.7 Å². The van der Waals surface area contributed by atoms with Crippen molar-refractivity contribution in [3.8, 4) is 11.8 Å². The van der Waals surface area contributed by atoms with Gasteiger partial charge in [0, 0.05) is 12.8 Å². The van der Waals surface area contributed by atoms with Gasteiger partial charge in [0.05, 0.1) is 6.61 Å². The Morgan fingerprint density at radius 1 is 1.22 bits per heavy atom. The summed E-state index contributed by atoms with van der Waals surface area (Å²) >= 11 is 0. The molecule has 0 bridgehead atoms. The minimum atomic E-state index is -5.05. The summed E-state index contributed by atoms with van der Waals surface area (Å²) in [5.41, 5.74) is 1.13. The van der Waals surface area contributed by atoms with Gasteiger partial charge in [-0.05, 0) is 13.8 Å². The lowest BCUT2D eigenvalue weighted by molar-refractivity contribution is 0.181. The highest BCUT2D eigenvalue weighted by molar-refractivity contribution is 7.60. The van der Waals surface area contributed by atoms with Gasteiger partial charge in [0.15, 0.2) is 0 Å². The van der Waals surface area contributed by atoms with Crippen LogP contribution in [0.25, 0.3) is 0 Å². The van der Waals surface area contributed by atoms with Crippen molar-refractivity contribution < 1.29 is 32.6 Å². The number of phosphoric ester groups is 1. The number of hydrogen-bond acceptors (Lipinski definition) is 4. The quantitative estimate of drug-likeness (QED) is 0.297. The van der Waals surface area contributed by atoms with E-state index in [2.05, 4.69) is 20.7 Å². The van der Waals surface area contributed by atoms with E-state index in [1.807, 2.05) is 19.9 Å². The summed E-state index contributed by atoms with van der Waals surface area (Å²) < 4.78 is 29.2. The smallest absolute Gasteiger partial charge is 0.302 e. The Labute approximate surface area is 106 Å². The van der Waals surface area contributed by atoms with Gasteiger partial charge in [-0.1, -0.05) is 17.6 Å². The van der Waals surface area contributed by atoms with E-state index in [0.29, 0.717) is 6.42 Å². The molecule has 1 unspecified atom stereocenters. The average Bonchev–Trinajstić information content (AvgIpc) is 2.11. The predicted octanol–water partition coefficient (Wildman–Crippen LogP) is 1.96. The van der Waals surface area contributed by atoms with Crippen LogP contribution in [-0.2, 0) is 18.0 Å². The Hall–Kier alpha value is -0.440. The molecule has 7 nitrogen and oxygen atoms in total. The van der Waals surface area contributed by atoms with Gasteiger partial charge in [-0.2, -0.15) is 4.31 Å². The Balaban J connectivity index is 3.95. The topological polar surface area (TPSA) is 113 Å². The molecule has 104 valence electrons. The predicted molar refractivity (Wildman–Crippen MR) is 65.3 cm³/mol. The van der Waals surface area contributed by atoms with Crippen molar-refractivity contribution in [2.75, 3.05) is 6.61 Å². The molecule has 3 N–H and O–H groups in total. The lowest BCUT2D eigenvalue weighted by Gasteiger charge is -2.10. The molecule has 0 amide bonds. The fraction of sp³-hybridized carbons (Fsp3) is 0.556. The van der Waals surface area contributed by atoms with Crippen LogP contribution in [0, 0.1) is 11.8 Å². The molecule has 0 aliphatic heterocycles. The first-order valence-corrected chi connectivity index (χ1v) is 7.98. The van der Waals surface area contributed by atoms with Crippen LogP contribution < -0.4 is 0 Å². The van der Waals surface area contributed by atoms with E-state index in [9.17, 15) is 9.13 Å². The summed E-state index contributed by atoms with van der Waals surface area (Å²) in [6.45, 7) is 3.62. The molecule has 0 saturated carbocycles. The zero-order valence-electron chi connectivity index (χ0n) is 10.1.